The molecule has 0 aromatic rings. The molecule has 3 heteroatoms. The Bertz CT molecular complexity index is 148. The number of methoxy groups -OCH3 is 2. The molecule has 1 aliphatic rings. The maximum Gasteiger partial charge on any atom is 0.0618 e. The van der Waals surface area contributed by atoms with Crippen LogP contribution in [0.15, 0.2) is 0 Å². The average Bonchev–Trinajstić information content (AvgIpc) is 2.97. The van der Waals surface area contributed by atoms with E-state index in [2.05, 4.69) is 12.2 Å². The third kappa shape index (κ3) is 4.40. The van der Waals surface area contributed by atoms with E-state index >= 15 is 0 Å². The van der Waals surface area contributed by atoms with E-state index in [1.54, 1.807) is 14.2 Å². The van der Waals surface area contributed by atoms with Gasteiger partial charge in [0.2, 0.25) is 0 Å². The molecule has 1 aliphatic carbocycles. The Balaban J connectivity index is 2.16. The summed E-state index contributed by atoms with van der Waals surface area (Å²) in [4.78, 5) is 0. The summed E-state index contributed by atoms with van der Waals surface area (Å²) < 4.78 is 10.3. The van der Waals surface area contributed by atoms with Crippen molar-refractivity contribution in [3.63, 3.8) is 0 Å². The van der Waals surface area contributed by atoms with Crippen molar-refractivity contribution in [2.45, 2.75) is 38.3 Å². The van der Waals surface area contributed by atoms with Crippen LogP contribution >= 0.6 is 0 Å². The normalized spacial score (nSPS) is 20.8. The van der Waals surface area contributed by atoms with Crippen LogP contribution in [0.1, 0.15) is 26.2 Å². The summed E-state index contributed by atoms with van der Waals surface area (Å²) in [5, 5.41) is 3.61. The van der Waals surface area contributed by atoms with Crippen molar-refractivity contribution in [2.24, 2.45) is 5.92 Å². The lowest BCUT2D eigenvalue weighted by atomic mass is 10.1. The van der Waals surface area contributed by atoms with Crippen LogP contribution in [0.3, 0.4) is 0 Å². The molecule has 3 nitrogen and oxygen atoms in total. The predicted octanol–water partition coefficient (Wildman–Crippen LogP) is 1.43. The minimum Gasteiger partial charge on any atom is -0.385 e. The lowest BCUT2D eigenvalue weighted by Crippen LogP contribution is -2.41. The summed E-state index contributed by atoms with van der Waals surface area (Å²) in [5.74, 6) is 0.847. The Hall–Kier alpha value is -0.120. The van der Waals surface area contributed by atoms with Crippen LogP contribution in [0.5, 0.6) is 0 Å². The van der Waals surface area contributed by atoms with Gasteiger partial charge in [0.25, 0.3) is 0 Å². The number of hydrogen-bond acceptors (Lipinski definition) is 3. The molecule has 0 aromatic carbocycles. The van der Waals surface area contributed by atoms with Crippen LogP contribution in [-0.2, 0) is 9.47 Å². The fourth-order valence-corrected chi connectivity index (χ4v) is 1.74. The van der Waals surface area contributed by atoms with Gasteiger partial charge in [0.05, 0.1) is 6.61 Å². The highest BCUT2D eigenvalue weighted by molar-refractivity contribution is 4.87. The zero-order valence-corrected chi connectivity index (χ0v) is 9.58. The standard InChI is InChI=1S/C11H23NO2/c1-9(6-7-13-2)12-11(8-14-3)10-4-5-10/h9-12H,4-8H2,1-3H3. The lowest BCUT2D eigenvalue weighted by molar-refractivity contribution is 0.142. The third-order valence-corrected chi connectivity index (χ3v) is 2.79. The van der Waals surface area contributed by atoms with Crippen molar-refractivity contribution in [1.82, 2.24) is 5.32 Å². The summed E-state index contributed by atoms with van der Waals surface area (Å²) in [5.41, 5.74) is 0. The third-order valence-electron chi connectivity index (χ3n) is 2.79. The van der Waals surface area contributed by atoms with Gasteiger partial charge >= 0.3 is 0 Å². The summed E-state index contributed by atoms with van der Waals surface area (Å²) in [6.07, 6.45) is 3.79. The Morgan fingerprint density at radius 3 is 2.50 bits per heavy atom. The quantitative estimate of drug-likeness (QED) is 0.644. The van der Waals surface area contributed by atoms with Crippen molar-refractivity contribution in [2.75, 3.05) is 27.4 Å². The summed E-state index contributed by atoms with van der Waals surface area (Å²) in [6.45, 7) is 3.88. The SMILES string of the molecule is COCCC(C)NC(COC)C1CC1. The molecule has 0 aliphatic heterocycles. The highest BCUT2D eigenvalue weighted by atomic mass is 16.5. The molecular formula is C11H23NO2. The van der Waals surface area contributed by atoms with E-state index in [0.29, 0.717) is 12.1 Å². The molecule has 2 unspecified atom stereocenters. The Kier molecular flexibility index (Phi) is 5.45. The molecular weight excluding hydrogens is 178 g/mol. The van der Waals surface area contributed by atoms with E-state index in [0.717, 1.165) is 25.6 Å². The second kappa shape index (κ2) is 6.38. The number of rotatable bonds is 8. The molecule has 1 fully saturated rings. The highest BCUT2D eigenvalue weighted by Gasteiger charge is 2.31. The average molecular weight is 201 g/mol. The van der Waals surface area contributed by atoms with Crippen LogP contribution in [0, 0.1) is 5.92 Å². The van der Waals surface area contributed by atoms with Gasteiger partial charge in [0.15, 0.2) is 0 Å². The molecule has 0 bridgehead atoms. The molecule has 1 rings (SSSR count). The van der Waals surface area contributed by atoms with Gasteiger partial charge in [-0.25, -0.2) is 0 Å². The van der Waals surface area contributed by atoms with Crippen LogP contribution < -0.4 is 5.32 Å². The smallest absolute Gasteiger partial charge is 0.0618 e. The van der Waals surface area contributed by atoms with Crippen molar-refractivity contribution >= 4 is 0 Å². The summed E-state index contributed by atoms with van der Waals surface area (Å²) in [7, 11) is 3.52. The fourth-order valence-electron chi connectivity index (χ4n) is 1.74. The summed E-state index contributed by atoms with van der Waals surface area (Å²) in [6, 6.07) is 1.07. The molecule has 0 saturated heterocycles. The second-order valence-corrected chi connectivity index (χ2v) is 4.25. The number of nitrogens with one attached hydrogen (secondary N) is 1. The molecule has 0 heterocycles. The molecule has 0 aromatic heterocycles. The Labute approximate surface area is 87.2 Å². The maximum absolute atomic E-state index is 5.22. The summed E-state index contributed by atoms with van der Waals surface area (Å²) >= 11 is 0. The van der Waals surface area contributed by atoms with Crippen molar-refractivity contribution in [3.05, 3.63) is 0 Å². The van der Waals surface area contributed by atoms with Crippen LogP contribution in [0.4, 0.5) is 0 Å². The van der Waals surface area contributed by atoms with E-state index in [9.17, 15) is 0 Å². The van der Waals surface area contributed by atoms with Gasteiger partial charge in [-0.05, 0) is 32.1 Å². The molecule has 1 saturated carbocycles. The number of hydrogen-bond donors (Lipinski definition) is 1. The number of ether oxygens (including phenoxy) is 2. The molecule has 1 N–H and O–H groups in total. The van der Waals surface area contributed by atoms with Gasteiger partial charge < -0.3 is 14.8 Å². The monoisotopic (exact) mass is 201 g/mol. The van der Waals surface area contributed by atoms with E-state index in [4.69, 9.17) is 9.47 Å². The van der Waals surface area contributed by atoms with Crippen molar-refractivity contribution in [1.29, 1.82) is 0 Å². The zero-order valence-electron chi connectivity index (χ0n) is 9.58. The van der Waals surface area contributed by atoms with Crippen molar-refractivity contribution in [3.8, 4) is 0 Å². The van der Waals surface area contributed by atoms with E-state index in [1.807, 2.05) is 0 Å². The van der Waals surface area contributed by atoms with Gasteiger partial charge in [-0.2, -0.15) is 0 Å². The fraction of sp³-hybridized carbons (Fsp3) is 1.00. The van der Waals surface area contributed by atoms with E-state index < -0.39 is 0 Å². The van der Waals surface area contributed by atoms with Crippen LogP contribution in [0.2, 0.25) is 0 Å². The molecule has 14 heavy (non-hydrogen) atoms. The first kappa shape index (κ1) is 12.0. The van der Waals surface area contributed by atoms with Crippen LogP contribution in [0.25, 0.3) is 0 Å². The minimum atomic E-state index is 0.524. The first-order chi connectivity index (χ1) is 6.77. The van der Waals surface area contributed by atoms with E-state index in [-0.39, 0.29) is 0 Å². The van der Waals surface area contributed by atoms with Gasteiger partial charge in [-0.15, -0.1) is 0 Å². The van der Waals surface area contributed by atoms with Gasteiger partial charge in [-0.3, -0.25) is 0 Å². The van der Waals surface area contributed by atoms with E-state index in [1.165, 1.54) is 12.8 Å². The van der Waals surface area contributed by atoms with Gasteiger partial charge in [0, 0.05) is 32.9 Å². The van der Waals surface area contributed by atoms with Crippen molar-refractivity contribution < 1.29 is 9.47 Å². The van der Waals surface area contributed by atoms with Gasteiger partial charge in [0.1, 0.15) is 0 Å². The molecule has 0 amide bonds. The predicted molar refractivity (Wildman–Crippen MR) is 57.5 cm³/mol. The highest BCUT2D eigenvalue weighted by Crippen LogP contribution is 2.32. The largest absolute Gasteiger partial charge is 0.385 e. The Morgan fingerprint density at radius 2 is 2.00 bits per heavy atom. The molecule has 84 valence electrons. The second-order valence-electron chi connectivity index (χ2n) is 4.25. The maximum atomic E-state index is 5.22. The van der Waals surface area contributed by atoms with Crippen LogP contribution in [-0.4, -0.2) is 39.5 Å². The molecule has 2 atom stereocenters. The molecule has 0 spiro atoms. The Morgan fingerprint density at radius 1 is 1.29 bits per heavy atom. The molecule has 0 radical (unpaired) electrons. The lowest BCUT2D eigenvalue weighted by Gasteiger charge is -2.22. The topological polar surface area (TPSA) is 30.5 Å². The van der Waals surface area contributed by atoms with Gasteiger partial charge in [-0.1, -0.05) is 0 Å². The zero-order chi connectivity index (χ0) is 10.4. The first-order valence-electron chi connectivity index (χ1n) is 5.51. The minimum absolute atomic E-state index is 0.524. The first-order valence-corrected chi connectivity index (χ1v) is 5.51.